The van der Waals surface area contributed by atoms with Gasteiger partial charge in [0, 0.05) is 0 Å². The molecule has 1 aromatic carbocycles. The fourth-order valence-electron chi connectivity index (χ4n) is 0.668. The zero-order valence-corrected chi connectivity index (χ0v) is 6.93. The van der Waals surface area contributed by atoms with Crippen LogP contribution in [0.2, 0.25) is 0 Å². The molecule has 2 heteroatoms. The maximum atomic E-state index is 5.59. The normalized spacial score (nSPS) is 9.44. The van der Waals surface area contributed by atoms with Crippen LogP contribution in [0, 0.1) is 6.92 Å². The Labute approximate surface area is 63.1 Å². The van der Waals surface area contributed by atoms with Crippen LogP contribution in [-0.2, 0) is 0 Å². The number of nitrogens with two attached hydrogens (primary N) is 1. The molecule has 0 spiro atoms. The second-order valence-corrected chi connectivity index (χ2v) is 2.96. The third-order valence-electron chi connectivity index (χ3n) is 1.17. The van der Waals surface area contributed by atoms with Gasteiger partial charge in [-0.05, 0) is 0 Å². The van der Waals surface area contributed by atoms with Gasteiger partial charge < -0.3 is 0 Å². The Balaban J connectivity index is 3.17. The summed E-state index contributed by atoms with van der Waals surface area (Å²) in [6.07, 6.45) is 0. The van der Waals surface area contributed by atoms with Gasteiger partial charge in [0.1, 0.15) is 0 Å². The van der Waals surface area contributed by atoms with Crippen molar-refractivity contribution < 1.29 is 0 Å². The molecule has 0 aliphatic rings. The van der Waals surface area contributed by atoms with Gasteiger partial charge in [0.25, 0.3) is 0 Å². The standard InChI is InChI=1S/C7H8NSe/c1-5-2-3-7(9)6(8)4-5/h2-4H,8H2,1H3. The summed E-state index contributed by atoms with van der Waals surface area (Å²) in [6.45, 7) is 2.02. The SMILES string of the molecule is Cc1ccc([Se])c(N)c1. The molecule has 0 amide bonds. The number of rotatable bonds is 0. The van der Waals surface area contributed by atoms with Crippen LogP contribution in [-0.4, -0.2) is 16.0 Å². The predicted molar refractivity (Wildman–Crippen MR) is 41.0 cm³/mol. The molecule has 0 saturated heterocycles. The van der Waals surface area contributed by atoms with E-state index >= 15 is 0 Å². The van der Waals surface area contributed by atoms with Crippen molar-refractivity contribution in [2.75, 3.05) is 5.73 Å². The summed E-state index contributed by atoms with van der Waals surface area (Å²) in [5, 5.41) is 0. The molecule has 0 atom stereocenters. The Morgan fingerprint density at radius 1 is 1.44 bits per heavy atom. The van der Waals surface area contributed by atoms with E-state index in [1.165, 1.54) is 5.56 Å². The van der Waals surface area contributed by atoms with Gasteiger partial charge in [-0.2, -0.15) is 0 Å². The van der Waals surface area contributed by atoms with E-state index in [9.17, 15) is 0 Å². The van der Waals surface area contributed by atoms with Gasteiger partial charge in [-0.15, -0.1) is 0 Å². The van der Waals surface area contributed by atoms with Crippen molar-refractivity contribution in [3.8, 4) is 0 Å². The zero-order valence-electron chi connectivity index (χ0n) is 5.22. The fraction of sp³-hybridized carbons (Fsp3) is 0.143. The first-order valence-electron chi connectivity index (χ1n) is 2.73. The first-order valence-corrected chi connectivity index (χ1v) is 3.59. The Bertz CT molecular complexity index is 220. The van der Waals surface area contributed by atoms with Crippen LogP contribution in [0.5, 0.6) is 0 Å². The van der Waals surface area contributed by atoms with Gasteiger partial charge in [-0.25, -0.2) is 0 Å². The molecule has 47 valence electrons. The summed E-state index contributed by atoms with van der Waals surface area (Å²) < 4.78 is 1.03. The van der Waals surface area contributed by atoms with E-state index in [2.05, 4.69) is 16.0 Å². The Morgan fingerprint density at radius 2 is 2.11 bits per heavy atom. The number of anilines is 1. The molecule has 0 aliphatic heterocycles. The summed E-state index contributed by atoms with van der Waals surface area (Å²) in [5.41, 5.74) is 7.62. The van der Waals surface area contributed by atoms with E-state index in [0.717, 1.165) is 10.1 Å². The average Bonchev–Trinajstić information content (AvgIpc) is 1.80. The molecule has 0 aliphatic carbocycles. The summed E-state index contributed by atoms with van der Waals surface area (Å²) in [6, 6.07) is 5.96. The Kier molecular flexibility index (Phi) is 1.79. The molecule has 9 heavy (non-hydrogen) atoms. The summed E-state index contributed by atoms with van der Waals surface area (Å²) in [5.74, 6) is 0. The summed E-state index contributed by atoms with van der Waals surface area (Å²) >= 11 is 2.87. The van der Waals surface area contributed by atoms with Gasteiger partial charge in [0.15, 0.2) is 0 Å². The Hall–Kier alpha value is -0.461. The van der Waals surface area contributed by atoms with E-state index in [-0.39, 0.29) is 0 Å². The van der Waals surface area contributed by atoms with Gasteiger partial charge in [-0.3, -0.25) is 0 Å². The average molecular weight is 185 g/mol. The van der Waals surface area contributed by atoms with Crippen molar-refractivity contribution in [2.45, 2.75) is 6.92 Å². The quantitative estimate of drug-likeness (QED) is 0.458. The van der Waals surface area contributed by atoms with Crippen molar-refractivity contribution >= 4 is 26.2 Å². The third-order valence-corrected chi connectivity index (χ3v) is 1.95. The van der Waals surface area contributed by atoms with Crippen molar-refractivity contribution in [3.63, 3.8) is 0 Å². The van der Waals surface area contributed by atoms with Crippen molar-refractivity contribution in [1.82, 2.24) is 0 Å². The number of benzene rings is 1. The van der Waals surface area contributed by atoms with Crippen LogP contribution in [0.15, 0.2) is 18.2 Å². The van der Waals surface area contributed by atoms with E-state index in [1.807, 2.05) is 25.1 Å². The van der Waals surface area contributed by atoms with Gasteiger partial charge in [-0.1, -0.05) is 0 Å². The first-order chi connectivity index (χ1) is 4.20. The second-order valence-electron chi connectivity index (χ2n) is 2.04. The van der Waals surface area contributed by atoms with Crippen LogP contribution in [0.4, 0.5) is 5.69 Å². The van der Waals surface area contributed by atoms with Crippen molar-refractivity contribution in [3.05, 3.63) is 23.8 Å². The molecule has 1 nitrogen and oxygen atoms in total. The molecular formula is C7H8NSe. The molecule has 0 bridgehead atoms. The minimum absolute atomic E-state index is 0.829. The van der Waals surface area contributed by atoms with Crippen LogP contribution >= 0.6 is 0 Å². The molecule has 0 fully saturated rings. The maximum absolute atomic E-state index is 5.59. The van der Waals surface area contributed by atoms with Crippen molar-refractivity contribution in [1.29, 1.82) is 0 Å². The van der Waals surface area contributed by atoms with Crippen LogP contribution in [0.25, 0.3) is 0 Å². The summed E-state index contributed by atoms with van der Waals surface area (Å²) in [4.78, 5) is 0. The van der Waals surface area contributed by atoms with E-state index in [4.69, 9.17) is 5.73 Å². The molecule has 0 heterocycles. The van der Waals surface area contributed by atoms with Gasteiger partial charge >= 0.3 is 62.6 Å². The molecular weight excluding hydrogens is 177 g/mol. The van der Waals surface area contributed by atoms with E-state index in [1.54, 1.807) is 0 Å². The third kappa shape index (κ3) is 1.47. The van der Waals surface area contributed by atoms with Crippen LogP contribution in [0.3, 0.4) is 0 Å². The van der Waals surface area contributed by atoms with Gasteiger partial charge in [0.05, 0.1) is 0 Å². The molecule has 1 rings (SSSR count). The van der Waals surface area contributed by atoms with Gasteiger partial charge in [0.2, 0.25) is 0 Å². The fourth-order valence-corrected chi connectivity index (χ4v) is 0.934. The molecule has 2 N–H and O–H groups in total. The Morgan fingerprint density at radius 3 is 2.56 bits per heavy atom. The number of hydrogen-bond donors (Lipinski definition) is 1. The molecule has 0 aromatic heterocycles. The number of nitrogen functional groups attached to an aromatic ring is 1. The second kappa shape index (κ2) is 2.42. The van der Waals surface area contributed by atoms with Crippen LogP contribution < -0.4 is 10.2 Å². The zero-order chi connectivity index (χ0) is 6.85. The van der Waals surface area contributed by atoms with Crippen LogP contribution in [0.1, 0.15) is 5.56 Å². The van der Waals surface area contributed by atoms with E-state index in [0.29, 0.717) is 0 Å². The molecule has 1 aromatic rings. The molecule has 1 radical (unpaired) electrons. The van der Waals surface area contributed by atoms with E-state index < -0.39 is 0 Å². The number of hydrogen-bond acceptors (Lipinski definition) is 1. The topological polar surface area (TPSA) is 26.0 Å². The predicted octanol–water partition coefficient (Wildman–Crippen LogP) is 0.371. The molecule has 0 unspecified atom stereocenters. The number of aryl methyl sites for hydroxylation is 1. The first kappa shape index (κ1) is 6.66. The monoisotopic (exact) mass is 186 g/mol. The minimum atomic E-state index is 0.829. The molecule has 0 saturated carbocycles. The van der Waals surface area contributed by atoms with Crippen molar-refractivity contribution in [2.24, 2.45) is 0 Å². The summed E-state index contributed by atoms with van der Waals surface area (Å²) in [7, 11) is 0.